The Hall–Kier alpha value is -0.350. The zero-order chi connectivity index (χ0) is 14.3. The molecule has 1 rings (SSSR count). The average Bonchev–Trinajstić information content (AvgIpc) is 2.41. The van der Waals surface area contributed by atoms with Crippen LogP contribution in [0.25, 0.3) is 0 Å². The minimum absolute atomic E-state index is 0.0515. The molecule has 0 bridgehead atoms. The highest BCUT2D eigenvalue weighted by molar-refractivity contribution is 6.30. The van der Waals surface area contributed by atoms with Crippen molar-refractivity contribution in [2.45, 2.75) is 0 Å². The van der Waals surface area contributed by atoms with Crippen LogP contribution < -0.4 is 5.32 Å². The van der Waals surface area contributed by atoms with Gasteiger partial charge in [0.2, 0.25) is 0 Å². The van der Waals surface area contributed by atoms with Crippen LogP contribution in [0.2, 0.25) is 5.02 Å². The fraction of sp³-hybridized carbons (Fsp3) is 0.417. The molecule has 0 saturated heterocycles. The van der Waals surface area contributed by atoms with Gasteiger partial charge in [-0.05, 0) is 18.2 Å². The van der Waals surface area contributed by atoms with Crippen LogP contribution in [-0.4, -0.2) is 30.3 Å². The standard InChI is InChI=1S/C12H13Cl4NO2/c13-5-12(6-14,7-15)8-19-11(18)17-10-3-1-2-9(16)4-10/h1-4H,5-8H2,(H,17,18). The fourth-order valence-corrected chi connectivity index (χ4v) is 2.44. The molecule has 0 aliphatic rings. The van der Waals surface area contributed by atoms with Crippen molar-refractivity contribution in [1.29, 1.82) is 0 Å². The maximum absolute atomic E-state index is 11.6. The molecule has 0 heterocycles. The smallest absolute Gasteiger partial charge is 0.411 e. The van der Waals surface area contributed by atoms with Crippen molar-refractivity contribution in [3.8, 4) is 0 Å². The lowest BCUT2D eigenvalue weighted by atomic mass is 9.97. The Kier molecular flexibility index (Phi) is 7.08. The number of halogens is 4. The van der Waals surface area contributed by atoms with Crippen LogP contribution >= 0.6 is 46.4 Å². The number of hydrogen-bond donors (Lipinski definition) is 1. The molecule has 0 fully saturated rings. The first-order valence-electron chi connectivity index (χ1n) is 5.42. The average molecular weight is 345 g/mol. The summed E-state index contributed by atoms with van der Waals surface area (Å²) < 4.78 is 5.08. The number of carbonyl (C=O) groups is 1. The van der Waals surface area contributed by atoms with Crippen LogP contribution in [0.4, 0.5) is 10.5 Å². The fourth-order valence-electron chi connectivity index (χ4n) is 1.16. The molecule has 3 nitrogen and oxygen atoms in total. The molecule has 0 atom stereocenters. The van der Waals surface area contributed by atoms with E-state index in [4.69, 9.17) is 51.1 Å². The minimum atomic E-state index is -0.615. The molecule has 0 radical (unpaired) electrons. The third-order valence-electron chi connectivity index (χ3n) is 2.43. The van der Waals surface area contributed by atoms with Gasteiger partial charge in [0.25, 0.3) is 0 Å². The highest BCUT2D eigenvalue weighted by Crippen LogP contribution is 2.24. The van der Waals surface area contributed by atoms with Crippen LogP contribution in [0, 0.1) is 5.41 Å². The molecule has 1 aromatic carbocycles. The first kappa shape index (κ1) is 16.7. The predicted octanol–water partition coefficient (Wildman–Crippen LogP) is 4.59. The Morgan fingerprint density at radius 3 is 2.37 bits per heavy atom. The van der Waals surface area contributed by atoms with E-state index < -0.39 is 11.5 Å². The summed E-state index contributed by atoms with van der Waals surface area (Å²) in [6.07, 6.45) is -0.605. The number of alkyl halides is 3. The van der Waals surface area contributed by atoms with E-state index in [9.17, 15) is 4.79 Å². The summed E-state index contributed by atoms with van der Waals surface area (Å²) in [6.45, 7) is 0.0515. The second-order valence-corrected chi connectivity index (χ2v) is 5.35. The molecular formula is C12H13Cl4NO2. The van der Waals surface area contributed by atoms with Crippen molar-refractivity contribution >= 4 is 58.2 Å². The third kappa shape index (κ3) is 5.27. The van der Waals surface area contributed by atoms with E-state index in [2.05, 4.69) is 5.32 Å². The Morgan fingerprint density at radius 1 is 1.21 bits per heavy atom. The van der Waals surface area contributed by atoms with Gasteiger partial charge in [-0.1, -0.05) is 17.7 Å². The molecule has 1 N–H and O–H groups in total. The number of rotatable bonds is 6. The Balaban J connectivity index is 2.52. The number of amides is 1. The maximum atomic E-state index is 11.6. The van der Waals surface area contributed by atoms with Crippen molar-refractivity contribution in [2.75, 3.05) is 29.6 Å². The van der Waals surface area contributed by atoms with Crippen LogP contribution in [0.1, 0.15) is 0 Å². The van der Waals surface area contributed by atoms with Gasteiger partial charge >= 0.3 is 6.09 Å². The van der Waals surface area contributed by atoms with Gasteiger partial charge in [0.15, 0.2) is 0 Å². The van der Waals surface area contributed by atoms with Gasteiger partial charge in [-0.2, -0.15) is 0 Å². The molecule has 1 amide bonds. The van der Waals surface area contributed by atoms with Gasteiger partial charge in [-0.25, -0.2) is 4.79 Å². The summed E-state index contributed by atoms with van der Waals surface area (Å²) in [5, 5.41) is 3.08. The normalized spacial score (nSPS) is 11.2. The van der Waals surface area contributed by atoms with Crippen molar-refractivity contribution in [2.24, 2.45) is 5.41 Å². The highest BCUT2D eigenvalue weighted by Gasteiger charge is 2.29. The molecule has 7 heteroatoms. The highest BCUT2D eigenvalue weighted by atomic mass is 35.5. The molecule has 1 aromatic rings. The minimum Gasteiger partial charge on any atom is -0.449 e. The zero-order valence-corrected chi connectivity index (χ0v) is 13.0. The van der Waals surface area contributed by atoms with E-state index in [0.29, 0.717) is 10.7 Å². The van der Waals surface area contributed by atoms with E-state index in [0.717, 1.165) is 0 Å². The van der Waals surface area contributed by atoms with E-state index in [-0.39, 0.29) is 24.2 Å². The zero-order valence-electron chi connectivity index (χ0n) is 9.97. The quantitative estimate of drug-likeness (QED) is 0.766. The second kappa shape index (κ2) is 8.05. The summed E-state index contributed by atoms with van der Waals surface area (Å²) in [4.78, 5) is 11.6. The number of anilines is 1. The molecule has 0 saturated carbocycles. The topological polar surface area (TPSA) is 38.3 Å². The molecule has 0 spiro atoms. The SMILES string of the molecule is O=C(Nc1cccc(Cl)c1)OCC(CCl)(CCl)CCl. The van der Waals surface area contributed by atoms with Gasteiger partial charge in [-0.15, -0.1) is 34.8 Å². The number of nitrogens with one attached hydrogen (secondary N) is 1. The first-order valence-corrected chi connectivity index (χ1v) is 7.40. The Labute approximate surface area is 132 Å². The first-order chi connectivity index (χ1) is 9.05. The summed E-state index contributed by atoms with van der Waals surface area (Å²) >= 11 is 23.2. The van der Waals surface area contributed by atoms with Gasteiger partial charge < -0.3 is 4.74 Å². The third-order valence-corrected chi connectivity index (χ3v) is 4.37. The second-order valence-electron chi connectivity index (χ2n) is 4.11. The van der Waals surface area contributed by atoms with Crippen LogP contribution in [0.15, 0.2) is 24.3 Å². The van der Waals surface area contributed by atoms with Crippen molar-refractivity contribution in [3.05, 3.63) is 29.3 Å². The van der Waals surface area contributed by atoms with Gasteiger partial charge in [0.05, 0.1) is 0 Å². The molecule has 0 unspecified atom stereocenters. The largest absolute Gasteiger partial charge is 0.449 e. The van der Waals surface area contributed by atoms with Crippen molar-refractivity contribution in [3.63, 3.8) is 0 Å². The van der Waals surface area contributed by atoms with Crippen molar-refractivity contribution < 1.29 is 9.53 Å². The molecule has 0 aliphatic carbocycles. The monoisotopic (exact) mass is 343 g/mol. The molecular weight excluding hydrogens is 332 g/mol. The van der Waals surface area contributed by atoms with E-state index in [1.165, 1.54) is 0 Å². The number of carbonyl (C=O) groups excluding carboxylic acids is 1. The summed E-state index contributed by atoms with van der Waals surface area (Å²) in [5.41, 5.74) is -0.0678. The number of ether oxygens (including phenoxy) is 1. The van der Waals surface area contributed by atoms with E-state index in [1.807, 2.05) is 0 Å². The molecule has 0 aliphatic heterocycles. The molecule has 0 aromatic heterocycles. The van der Waals surface area contributed by atoms with E-state index >= 15 is 0 Å². The van der Waals surface area contributed by atoms with Crippen LogP contribution in [0.5, 0.6) is 0 Å². The predicted molar refractivity (Wildman–Crippen MR) is 81.0 cm³/mol. The lowest BCUT2D eigenvalue weighted by Crippen LogP contribution is -2.35. The number of benzene rings is 1. The summed E-state index contributed by atoms with van der Waals surface area (Å²) in [7, 11) is 0. The number of hydrogen-bond acceptors (Lipinski definition) is 2. The van der Waals surface area contributed by atoms with Crippen LogP contribution in [0.3, 0.4) is 0 Å². The summed E-state index contributed by atoms with van der Waals surface area (Å²) in [5.74, 6) is 0.638. The maximum Gasteiger partial charge on any atom is 0.411 e. The lowest BCUT2D eigenvalue weighted by molar-refractivity contribution is 0.122. The lowest BCUT2D eigenvalue weighted by Gasteiger charge is -2.26. The Bertz CT molecular complexity index is 416. The summed E-state index contributed by atoms with van der Waals surface area (Å²) in [6, 6.07) is 6.74. The Morgan fingerprint density at radius 2 is 1.84 bits per heavy atom. The van der Waals surface area contributed by atoms with E-state index in [1.54, 1.807) is 24.3 Å². The molecule has 106 valence electrons. The van der Waals surface area contributed by atoms with Gasteiger partial charge in [0, 0.05) is 33.8 Å². The van der Waals surface area contributed by atoms with Crippen molar-refractivity contribution in [1.82, 2.24) is 0 Å². The van der Waals surface area contributed by atoms with Crippen LogP contribution in [-0.2, 0) is 4.74 Å². The van der Waals surface area contributed by atoms with Gasteiger partial charge in [-0.3, -0.25) is 5.32 Å². The van der Waals surface area contributed by atoms with Gasteiger partial charge in [0.1, 0.15) is 6.61 Å². The molecule has 19 heavy (non-hydrogen) atoms.